The Kier molecular flexibility index (Phi) is 5.30. The molecule has 0 amide bonds. The molecular formula is C10H15NO6. The normalized spacial score (nSPS) is 11.9. The number of aliphatic carboxylic acids is 1. The number of carbonyl (C=O) groups excluding carboxylic acids is 2. The van der Waals surface area contributed by atoms with E-state index in [1.54, 1.807) is 20.8 Å². The first-order valence-corrected chi connectivity index (χ1v) is 4.79. The van der Waals surface area contributed by atoms with Crippen molar-refractivity contribution in [1.82, 2.24) is 0 Å². The van der Waals surface area contributed by atoms with Crippen LogP contribution in [-0.2, 0) is 24.0 Å². The fourth-order valence-electron chi connectivity index (χ4n) is 0.774. The van der Waals surface area contributed by atoms with Crippen LogP contribution in [0, 0.1) is 0 Å². The first-order valence-electron chi connectivity index (χ1n) is 4.79. The van der Waals surface area contributed by atoms with E-state index in [0.717, 1.165) is 6.92 Å². The highest BCUT2D eigenvalue weighted by atomic mass is 16.7. The van der Waals surface area contributed by atoms with Gasteiger partial charge in [0.25, 0.3) is 0 Å². The third-order valence-corrected chi connectivity index (χ3v) is 1.29. The maximum absolute atomic E-state index is 11.1. The molecule has 0 heterocycles. The highest BCUT2D eigenvalue weighted by molar-refractivity contribution is 6.63. The number of ketones is 1. The molecule has 7 heteroatoms. The lowest BCUT2D eigenvalue weighted by Gasteiger charge is -2.18. The summed E-state index contributed by atoms with van der Waals surface area (Å²) >= 11 is 0. The Morgan fingerprint density at radius 1 is 1.24 bits per heavy atom. The van der Waals surface area contributed by atoms with Gasteiger partial charge in [-0.1, -0.05) is 5.16 Å². The van der Waals surface area contributed by atoms with Crippen molar-refractivity contribution in [3.63, 3.8) is 0 Å². The molecule has 0 aromatic rings. The molecule has 0 aromatic heterocycles. The van der Waals surface area contributed by atoms with Crippen LogP contribution in [0.25, 0.3) is 0 Å². The number of rotatable bonds is 5. The molecule has 0 saturated carbocycles. The fourth-order valence-corrected chi connectivity index (χ4v) is 0.774. The molecule has 1 N–H and O–H groups in total. The molecule has 0 aliphatic rings. The summed E-state index contributed by atoms with van der Waals surface area (Å²) < 4.78 is 4.87. The monoisotopic (exact) mass is 245 g/mol. The van der Waals surface area contributed by atoms with Gasteiger partial charge in [0.1, 0.15) is 5.60 Å². The summed E-state index contributed by atoms with van der Waals surface area (Å²) in [6, 6.07) is 0. The van der Waals surface area contributed by atoms with Gasteiger partial charge in [-0.15, -0.1) is 0 Å². The Balaban J connectivity index is 4.30. The van der Waals surface area contributed by atoms with Gasteiger partial charge in [-0.05, 0) is 20.8 Å². The van der Waals surface area contributed by atoms with E-state index in [1.807, 2.05) is 0 Å². The van der Waals surface area contributed by atoms with Crippen molar-refractivity contribution in [2.45, 2.75) is 33.3 Å². The van der Waals surface area contributed by atoms with Crippen LogP contribution in [0.15, 0.2) is 5.16 Å². The van der Waals surface area contributed by atoms with Crippen molar-refractivity contribution >= 4 is 23.4 Å². The third kappa shape index (κ3) is 7.04. The summed E-state index contributed by atoms with van der Waals surface area (Å²) in [6.45, 7) is 5.50. The molecule has 0 aliphatic carbocycles. The topological polar surface area (TPSA) is 102 Å². The van der Waals surface area contributed by atoms with Gasteiger partial charge in [0.05, 0.1) is 0 Å². The van der Waals surface area contributed by atoms with Crippen LogP contribution < -0.4 is 0 Å². The molecule has 0 atom stereocenters. The predicted molar refractivity (Wildman–Crippen MR) is 57.5 cm³/mol. The van der Waals surface area contributed by atoms with Gasteiger partial charge in [0, 0.05) is 6.92 Å². The summed E-state index contributed by atoms with van der Waals surface area (Å²) in [6.07, 6.45) is 0. The second-order valence-electron chi connectivity index (χ2n) is 4.16. The van der Waals surface area contributed by atoms with E-state index in [4.69, 9.17) is 9.84 Å². The molecule has 0 aliphatic heterocycles. The van der Waals surface area contributed by atoms with Crippen molar-refractivity contribution in [1.29, 1.82) is 0 Å². The van der Waals surface area contributed by atoms with Crippen molar-refractivity contribution in [2.75, 3.05) is 6.61 Å². The smallest absolute Gasteiger partial charge is 0.361 e. The Labute approximate surface area is 98.4 Å². The molecule has 0 unspecified atom stereocenters. The zero-order valence-corrected chi connectivity index (χ0v) is 10.1. The standard InChI is InChI=1S/C10H15NO6/c1-6(12)8(9(14)15)11-16-5-7(13)17-10(2,3)4/h5H2,1-4H3,(H,14,15). The number of carboxylic acid groups (broad SMARTS) is 1. The lowest BCUT2D eigenvalue weighted by molar-refractivity contribution is -0.160. The molecule has 0 fully saturated rings. The van der Waals surface area contributed by atoms with Crippen LogP contribution in [0.3, 0.4) is 0 Å². The van der Waals surface area contributed by atoms with Crippen LogP contribution in [0.2, 0.25) is 0 Å². The fraction of sp³-hybridized carbons (Fsp3) is 0.600. The predicted octanol–water partition coefficient (Wildman–Crippen LogP) is 0.374. The largest absolute Gasteiger partial charge is 0.476 e. The number of Topliss-reactive ketones (excluding diaryl/α,β-unsaturated/α-hetero) is 1. The summed E-state index contributed by atoms with van der Waals surface area (Å²) in [5, 5.41) is 11.6. The van der Waals surface area contributed by atoms with Gasteiger partial charge >= 0.3 is 11.9 Å². The molecule has 96 valence electrons. The number of hydrogen-bond acceptors (Lipinski definition) is 6. The number of carbonyl (C=O) groups is 3. The average molecular weight is 245 g/mol. The van der Waals surface area contributed by atoms with E-state index in [1.165, 1.54) is 0 Å². The number of carboxylic acids is 1. The number of oxime groups is 1. The minimum Gasteiger partial charge on any atom is -0.476 e. The lowest BCUT2D eigenvalue weighted by Crippen LogP contribution is -2.27. The highest BCUT2D eigenvalue weighted by Crippen LogP contribution is 2.06. The van der Waals surface area contributed by atoms with Gasteiger partial charge in [-0.3, -0.25) is 4.79 Å². The molecule has 0 aromatic carbocycles. The average Bonchev–Trinajstić information content (AvgIpc) is 2.07. The zero-order valence-electron chi connectivity index (χ0n) is 10.1. The van der Waals surface area contributed by atoms with Crippen LogP contribution in [0.1, 0.15) is 27.7 Å². The number of esters is 1. The van der Waals surface area contributed by atoms with Crippen molar-refractivity contribution in [3.8, 4) is 0 Å². The first kappa shape index (κ1) is 15.1. The molecule has 0 radical (unpaired) electrons. The van der Waals surface area contributed by atoms with Crippen molar-refractivity contribution < 1.29 is 29.1 Å². The van der Waals surface area contributed by atoms with Crippen molar-refractivity contribution in [3.05, 3.63) is 0 Å². The SMILES string of the molecule is CC(=O)C(=NOCC(=O)OC(C)(C)C)C(=O)O. The van der Waals surface area contributed by atoms with Crippen LogP contribution in [-0.4, -0.2) is 40.7 Å². The second-order valence-corrected chi connectivity index (χ2v) is 4.16. The zero-order chi connectivity index (χ0) is 13.6. The molecule has 0 bridgehead atoms. The lowest BCUT2D eigenvalue weighted by atomic mass is 10.2. The summed E-state index contributed by atoms with van der Waals surface area (Å²) in [4.78, 5) is 36.8. The highest BCUT2D eigenvalue weighted by Gasteiger charge is 2.18. The Hall–Kier alpha value is -1.92. The Morgan fingerprint density at radius 2 is 1.76 bits per heavy atom. The van der Waals surface area contributed by atoms with E-state index in [-0.39, 0.29) is 0 Å². The number of ether oxygens (including phenoxy) is 1. The van der Waals surface area contributed by atoms with E-state index in [2.05, 4.69) is 9.99 Å². The quantitative estimate of drug-likeness (QED) is 0.325. The van der Waals surface area contributed by atoms with E-state index in [0.29, 0.717) is 0 Å². The summed E-state index contributed by atoms with van der Waals surface area (Å²) in [5.74, 6) is -2.97. The molecule has 17 heavy (non-hydrogen) atoms. The minimum absolute atomic E-state index is 0.554. The van der Waals surface area contributed by atoms with E-state index in [9.17, 15) is 14.4 Å². The van der Waals surface area contributed by atoms with Crippen molar-refractivity contribution in [2.24, 2.45) is 5.16 Å². The van der Waals surface area contributed by atoms with Gasteiger partial charge < -0.3 is 14.7 Å². The van der Waals surface area contributed by atoms with Crippen LogP contribution >= 0.6 is 0 Å². The molecular weight excluding hydrogens is 230 g/mol. The first-order chi connectivity index (χ1) is 7.63. The Bertz CT molecular complexity index is 336. The Morgan fingerprint density at radius 3 is 2.12 bits per heavy atom. The van der Waals surface area contributed by atoms with E-state index < -0.39 is 35.6 Å². The summed E-state index contributed by atoms with van der Waals surface area (Å²) in [7, 11) is 0. The van der Waals surface area contributed by atoms with Gasteiger partial charge in [-0.2, -0.15) is 0 Å². The van der Waals surface area contributed by atoms with Gasteiger partial charge in [0.15, 0.2) is 5.78 Å². The third-order valence-electron chi connectivity index (χ3n) is 1.29. The van der Waals surface area contributed by atoms with Crippen LogP contribution in [0.5, 0.6) is 0 Å². The van der Waals surface area contributed by atoms with Gasteiger partial charge in [0.2, 0.25) is 12.3 Å². The molecule has 0 spiro atoms. The number of nitrogens with zero attached hydrogens (tertiary/aromatic N) is 1. The number of hydrogen-bond donors (Lipinski definition) is 1. The van der Waals surface area contributed by atoms with E-state index >= 15 is 0 Å². The van der Waals surface area contributed by atoms with Crippen LogP contribution in [0.4, 0.5) is 0 Å². The second kappa shape index (κ2) is 5.97. The molecule has 0 rings (SSSR count). The maximum Gasteiger partial charge on any atom is 0.361 e. The summed E-state index contributed by atoms with van der Waals surface area (Å²) in [5.41, 5.74) is -1.44. The van der Waals surface area contributed by atoms with Gasteiger partial charge in [-0.25, -0.2) is 9.59 Å². The maximum atomic E-state index is 11.1. The molecule has 7 nitrogen and oxygen atoms in total. The molecule has 0 saturated heterocycles. The minimum atomic E-state index is -1.51.